The van der Waals surface area contributed by atoms with Gasteiger partial charge < -0.3 is 5.32 Å². The van der Waals surface area contributed by atoms with Gasteiger partial charge >= 0.3 is 0 Å². The Balaban J connectivity index is 2.45. The molecule has 0 saturated carbocycles. The molecule has 1 nitrogen and oxygen atoms in total. The molecule has 0 atom stereocenters. The number of halogens is 2. The van der Waals surface area contributed by atoms with Crippen LogP contribution in [0.2, 0.25) is 0 Å². The van der Waals surface area contributed by atoms with Crippen molar-refractivity contribution in [3.63, 3.8) is 0 Å². The molecule has 68 valence electrons. The summed E-state index contributed by atoms with van der Waals surface area (Å²) in [6.45, 7) is 0. The maximum atomic E-state index is 13.2. The fourth-order valence-corrected chi connectivity index (χ4v) is 1.86. The van der Waals surface area contributed by atoms with Crippen molar-refractivity contribution in [2.24, 2.45) is 0 Å². The van der Waals surface area contributed by atoms with E-state index in [2.05, 4.69) is 5.32 Å². The van der Waals surface area contributed by atoms with E-state index < -0.39 is 11.6 Å². The molecule has 0 amide bonds. The lowest BCUT2D eigenvalue weighted by Gasteiger charge is -2.04. The van der Waals surface area contributed by atoms with Crippen LogP contribution < -0.4 is 5.32 Å². The van der Waals surface area contributed by atoms with E-state index in [0.717, 1.165) is 6.07 Å². The highest BCUT2D eigenvalue weighted by Gasteiger charge is 2.13. The second-order valence-electron chi connectivity index (χ2n) is 2.62. The summed E-state index contributed by atoms with van der Waals surface area (Å²) in [5.74, 6) is -0.883. The van der Waals surface area contributed by atoms with Gasteiger partial charge in [0.1, 0.15) is 0 Å². The highest BCUT2D eigenvalue weighted by atomic mass is 32.2. The van der Waals surface area contributed by atoms with Crippen molar-refractivity contribution >= 4 is 17.5 Å². The first-order valence-electron chi connectivity index (χ1n) is 3.79. The van der Waals surface area contributed by atoms with Crippen molar-refractivity contribution in [2.75, 3.05) is 5.88 Å². The van der Waals surface area contributed by atoms with Gasteiger partial charge in [-0.3, -0.25) is 0 Å². The molecule has 0 aliphatic carbocycles. The third-order valence-corrected chi connectivity index (χ3v) is 2.50. The van der Waals surface area contributed by atoms with E-state index in [0.29, 0.717) is 17.1 Å². The van der Waals surface area contributed by atoms with Crippen molar-refractivity contribution < 1.29 is 8.78 Å². The van der Waals surface area contributed by atoms with Crippen LogP contribution in [0.3, 0.4) is 0 Å². The Morgan fingerprint density at radius 2 is 2.15 bits per heavy atom. The van der Waals surface area contributed by atoms with Gasteiger partial charge in [0.05, 0.1) is 11.6 Å². The van der Waals surface area contributed by atoms with E-state index in [1.54, 1.807) is 11.5 Å². The lowest BCUT2D eigenvalue weighted by atomic mass is 10.1. The fourth-order valence-electron chi connectivity index (χ4n) is 1.16. The summed E-state index contributed by atoms with van der Waals surface area (Å²) >= 11 is 1.53. The van der Waals surface area contributed by atoms with Gasteiger partial charge in [0.2, 0.25) is 0 Å². The molecule has 1 aliphatic rings. The van der Waals surface area contributed by atoms with E-state index in [1.807, 2.05) is 0 Å². The fraction of sp³-hybridized carbons (Fsp3) is 0.111. The highest BCUT2D eigenvalue weighted by molar-refractivity contribution is 8.02. The normalized spacial score (nSPS) is 15.4. The topological polar surface area (TPSA) is 12.0 Å². The largest absolute Gasteiger partial charge is 0.375 e. The summed E-state index contributed by atoms with van der Waals surface area (Å²) in [6, 6.07) is 4.17. The third-order valence-electron chi connectivity index (χ3n) is 1.79. The van der Waals surface area contributed by atoms with E-state index in [1.165, 1.54) is 17.8 Å². The molecule has 1 heterocycles. The van der Waals surface area contributed by atoms with Gasteiger partial charge in [-0.1, -0.05) is 6.07 Å². The molecule has 1 aliphatic heterocycles. The summed E-state index contributed by atoms with van der Waals surface area (Å²) in [6.07, 6.45) is 0. The second kappa shape index (κ2) is 3.38. The molecular formula is C9H7F2NS. The van der Waals surface area contributed by atoms with Crippen LogP contribution >= 0.6 is 11.8 Å². The Morgan fingerprint density at radius 3 is 2.85 bits per heavy atom. The van der Waals surface area contributed by atoms with Crippen molar-refractivity contribution in [3.05, 3.63) is 40.8 Å². The van der Waals surface area contributed by atoms with Gasteiger partial charge in [-0.15, -0.1) is 11.8 Å². The molecule has 0 radical (unpaired) electrons. The lowest BCUT2D eigenvalue weighted by Crippen LogP contribution is -2.07. The zero-order valence-electron chi connectivity index (χ0n) is 6.68. The molecule has 1 aromatic carbocycles. The predicted octanol–water partition coefficient (Wildman–Crippen LogP) is 2.56. The van der Waals surface area contributed by atoms with Gasteiger partial charge in [-0.2, -0.15) is 0 Å². The molecule has 0 unspecified atom stereocenters. The maximum absolute atomic E-state index is 13.2. The van der Waals surface area contributed by atoms with Gasteiger partial charge in [0, 0.05) is 5.56 Å². The third kappa shape index (κ3) is 1.54. The zero-order chi connectivity index (χ0) is 9.26. The molecule has 2 rings (SSSR count). The first kappa shape index (κ1) is 8.56. The highest BCUT2D eigenvalue weighted by Crippen LogP contribution is 2.24. The minimum absolute atomic E-state index is 0.296. The Morgan fingerprint density at radius 1 is 1.31 bits per heavy atom. The monoisotopic (exact) mass is 199 g/mol. The van der Waals surface area contributed by atoms with Crippen LogP contribution in [0.25, 0.3) is 5.70 Å². The Hall–Kier alpha value is -1.03. The number of hydrogen-bond donors (Lipinski definition) is 1. The molecule has 13 heavy (non-hydrogen) atoms. The molecule has 1 aromatic rings. The molecule has 0 saturated heterocycles. The summed E-state index contributed by atoms with van der Waals surface area (Å²) in [7, 11) is 0. The van der Waals surface area contributed by atoms with Crippen LogP contribution in [0, 0.1) is 11.6 Å². The van der Waals surface area contributed by atoms with Gasteiger partial charge in [0.15, 0.2) is 11.6 Å². The minimum atomic E-state index is -0.808. The maximum Gasteiger partial charge on any atom is 0.168 e. The van der Waals surface area contributed by atoms with Crippen molar-refractivity contribution in [2.45, 2.75) is 0 Å². The number of hydrogen-bond acceptors (Lipinski definition) is 2. The predicted molar refractivity (Wildman–Crippen MR) is 49.9 cm³/mol. The first-order chi connectivity index (χ1) is 6.29. The van der Waals surface area contributed by atoms with Crippen LogP contribution in [0.4, 0.5) is 8.78 Å². The Kier molecular flexibility index (Phi) is 2.22. The second-order valence-corrected chi connectivity index (χ2v) is 3.48. The van der Waals surface area contributed by atoms with Crippen LogP contribution in [-0.4, -0.2) is 5.88 Å². The van der Waals surface area contributed by atoms with Gasteiger partial charge in [-0.05, 0) is 17.5 Å². The van der Waals surface area contributed by atoms with Crippen LogP contribution in [-0.2, 0) is 0 Å². The number of thioether (sulfide) groups is 1. The van der Waals surface area contributed by atoms with Crippen molar-refractivity contribution in [1.29, 1.82) is 0 Å². The quantitative estimate of drug-likeness (QED) is 0.746. The summed E-state index contributed by atoms with van der Waals surface area (Å²) in [4.78, 5) is 0. The van der Waals surface area contributed by atoms with Crippen LogP contribution in [0.5, 0.6) is 0 Å². The molecule has 1 N–H and O–H groups in total. The van der Waals surface area contributed by atoms with Crippen molar-refractivity contribution in [3.8, 4) is 0 Å². The van der Waals surface area contributed by atoms with Gasteiger partial charge in [-0.25, -0.2) is 8.78 Å². The van der Waals surface area contributed by atoms with Crippen LogP contribution in [0.1, 0.15) is 5.56 Å². The molecule has 0 fully saturated rings. The number of benzene rings is 1. The van der Waals surface area contributed by atoms with E-state index in [4.69, 9.17) is 0 Å². The molecule has 0 aromatic heterocycles. The number of rotatable bonds is 1. The Bertz CT molecular complexity index is 363. The molecule has 4 heteroatoms. The standard InChI is InChI=1S/C9H7F2NS/c10-7-3-1-2-6(9(7)11)8-4-13-5-12-8/h1-4,12H,5H2. The summed E-state index contributed by atoms with van der Waals surface area (Å²) in [5, 5.41) is 4.75. The van der Waals surface area contributed by atoms with Crippen molar-refractivity contribution in [1.82, 2.24) is 5.32 Å². The van der Waals surface area contributed by atoms with E-state index in [-0.39, 0.29) is 0 Å². The molecule has 0 spiro atoms. The Labute approximate surface area is 78.8 Å². The summed E-state index contributed by atoms with van der Waals surface area (Å²) in [5.41, 5.74) is 0.951. The average molecular weight is 199 g/mol. The van der Waals surface area contributed by atoms with E-state index >= 15 is 0 Å². The summed E-state index contributed by atoms with van der Waals surface area (Å²) < 4.78 is 26.0. The first-order valence-corrected chi connectivity index (χ1v) is 4.84. The smallest absolute Gasteiger partial charge is 0.168 e. The van der Waals surface area contributed by atoms with Gasteiger partial charge in [0.25, 0.3) is 0 Å². The number of nitrogens with one attached hydrogen (secondary N) is 1. The lowest BCUT2D eigenvalue weighted by molar-refractivity contribution is 0.506. The van der Waals surface area contributed by atoms with E-state index in [9.17, 15) is 8.78 Å². The average Bonchev–Trinajstić information content (AvgIpc) is 2.62. The van der Waals surface area contributed by atoms with Crippen LogP contribution in [0.15, 0.2) is 23.6 Å². The zero-order valence-corrected chi connectivity index (χ0v) is 7.50. The molecular weight excluding hydrogens is 192 g/mol. The molecule has 0 bridgehead atoms. The SMILES string of the molecule is Fc1cccc(C2=CSCN2)c1F. The minimum Gasteiger partial charge on any atom is -0.375 e.